The molecule has 0 unspecified atom stereocenters. The fourth-order valence-electron chi connectivity index (χ4n) is 8.93. The van der Waals surface area contributed by atoms with Gasteiger partial charge in [0.2, 0.25) is 21.8 Å². The predicted molar refractivity (Wildman–Crippen MR) is 236 cm³/mol. The number of fused-ring (bicyclic) bond motifs is 3. The number of alkyl carbamates (subject to hydrolysis) is 1. The lowest BCUT2D eigenvalue weighted by Gasteiger charge is -2.29. The van der Waals surface area contributed by atoms with E-state index in [4.69, 9.17) is 19.4 Å². The van der Waals surface area contributed by atoms with Crippen LogP contribution in [0.4, 0.5) is 9.93 Å². The van der Waals surface area contributed by atoms with Crippen molar-refractivity contribution >= 4 is 61.3 Å². The molecule has 4 fully saturated rings. The molecule has 4 amide bonds. The molecule has 1 aromatic carbocycles. The number of ether oxygens (including phenoxy) is 2. The average molecular weight is 891 g/mol. The zero-order chi connectivity index (χ0) is 44.0. The maximum Gasteiger partial charge on any atom is 0.412 e. The number of nitrogens with zero attached hydrogens (tertiary/aromatic N) is 5. The Bertz CT molecular complexity index is 2380. The van der Waals surface area contributed by atoms with E-state index < -0.39 is 68.2 Å². The molecule has 5 heterocycles. The SMILES string of the molecule is C=C(C)OC(=O)N[C@H]1CCCCC/C=C\[C@@H]2C[C@@]2(C(=O)NS(=O)(=O)C2(C)CC2)NC(=O)[C@@H]2C[C@@H](Oc3nc4c(-c5csc(N6CCCCC6)n5)cccc4n3C(C)C)CN2C1=O. The van der Waals surface area contributed by atoms with E-state index in [0.29, 0.717) is 37.2 Å². The Morgan fingerprint density at radius 1 is 1.06 bits per heavy atom. The number of carbonyl (C=O) groups excluding carboxylic acids is 4. The highest BCUT2D eigenvalue weighted by Crippen LogP contribution is 2.48. The van der Waals surface area contributed by atoms with Crippen LogP contribution in [0, 0.1) is 5.92 Å². The zero-order valence-electron chi connectivity index (χ0n) is 36.0. The molecule has 2 aromatic heterocycles. The number of sulfonamides is 1. The number of imidazole rings is 1. The summed E-state index contributed by atoms with van der Waals surface area (Å²) in [6.07, 6.45) is 9.99. The molecule has 2 saturated heterocycles. The quantitative estimate of drug-likeness (QED) is 0.157. The number of allylic oxidation sites excluding steroid dienone is 2. The van der Waals surface area contributed by atoms with Crippen molar-refractivity contribution in [3.8, 4) is 17.3 Å². The van der Waals surface area contributed by atoms with E-state index >= 15 is 0 Å². The highest BCUT2D eigenvalue weighted by molar-refractivity contribution is 7.91. The molecule has 0 radical (unpaired) electrons. The number of thiazole rings is 1. The topological polar surface area (TPSA) is 194 Å². The standard InChI is InChI=1S/C44H58N8O8S2/c1-27(2)52-34-18-14-16-31(33-26-61-41(45-33)50-21-12-9-13-22-50)36(34)47-40(52)60-30-23-35-37(53)48-44(39(55)49-62(57,58)43(5)19-20-43)24-29(44)15-10-7-6-8-11-17-32(38(54)51(35)25-30)46-42(56)59-28(3)4/h10,14-16,18,26-27,29-30,32,35H,3,6-9,11-13,17,19-25H2,1-2,4-5H3,(H,46,56)(H,48,53)(H,49,55)/b15-10-/t29-,30-,32+,35+,44-/m1/s1. The number of aromatic nitrogens is 3. The smallest absolute Gasteiger partial charge is 0.412 e. The lowest BCUT2D eigenvalue weighted by atomic mass is 10.1. The van der Waals surface area contributed by atoms with Crippen molar-refractivity contribution in [2.45, 2.75) is 139 Å². The second-order valence-electron chi connectivity index (χ2n) is 18.1. The summed E-state index contributed by atoms with van der Waals surface area (Å²) < 4.78 is 41.7. The number of hydrogen-bond donors (Lipinski definition) is 3. The first-order valence-corrected chi connectivity index (χ1v) is 24.3. The van der Waals surface area contributed by atoms with Crippen LogP contribution < -0.4 is 25.0 Å². The van der Waals surface area contributed by atoms with Crippen LogP contribution in [0.25, 0.3) is 22.3 Å². The zero-order valence-corrected chi connectivity index (χ0v) is 37.6. The van der Waals surface area contributed by atoms with Gasteiger partial charge in [-0.15, -0.1) is 11.3 Å². The van der Waals surface area contributed by atoms with Gasteiger partial charge in [-0.25, -0.2) is 18.2 Å². The minimum Gasteiger partial charge on any atom is -0.459 e. The van der Waals surface area contributed by atoms with E-state index in [1.807, 2.05) is 48.8 Å². The largest absolute Gasteiger partial charge is 0.459 e. The van der Waals surface area contributed by atoms with E-state index in [1.54, 1.807) is 18.3 Å². The number of para-hydroxylation sites is 1. The molecule has 3 aliphatic heterocycles. The number of anilines is 1. The number of carbonyl (C=O) groups is 4. The van der Waals surface area contributed by atoms with Crippen LogP contribution in [0.1, 0.15) is 111 Å². The van der Waals surface area contributed by atoms with Crippen LogP contribution in [-0.4, -0.2) is 99.8 Å². The van der Waals surface area contributed by atoms with E-state index in [1.165, 1.54) is 18.2 Å². The van der Waals surface area contributed by atoms with Gasteiger partial charge in [0.05, 0.1) is 28.3 Å². The normalized spacial score (nSPS) is 27.0. The summed E-state index contributed by atoms with van der Waals surface area (Å²) >= 11 is 1.62. The van der Waals surface area contributed by atoms with Crippen LogP contribution in [-0.2, 0) is 29.1 Å². The van der Waals surface area contributed by atoms with Crippen LogP contribution in [0.3, 0.4) is 0 Å². The third-order valence-electron chi connectivity index (χ3n) is 12.9. The minimum atomic E-state index is -4.01. The molecule has 8 rings (SSSR count). The van der Waals surface area contributed by atoms with Crippen LogP contribution in [0.15, 0.2) is 48.1 Å². The van der Waals surface area contributed by atoms with Crippen molar-refractivity contribution in [3.63, 3.8) is 0 Å². The predicted octanol–water partition coefficient (Wildman–Crippen LogP) is 6.10. The number of amides is 4. The molecular weight excluding hydrogens is 833 g/mol. The first-order valence-electron chi connectivity index (χ1n) is 22.0. The molecule has 0 bridgehead atoms. The molecule has 18 heteroatoms. The van der Waals surface area contributed by atoms with Gasteiger partial charge >= 0.3 is 6.09 Å². The first-order chi connectivity index (χ1) is 29.6. The highest BCUT2D eigenvalue weighted by Gasteiger charge is 2.63. The Morgan fingerprint density at radius 2 is 1.82 bits per heavy atom. The first kappa shape index (κ1) is 43.7. The van der Waals surface area contributed by atoms with Crippen molar-refractivity contribution in [2.24, 2.45) is 5.92 Å². The third-order valence-corrected chi connectivity index (χ3v) is 16.0. The van der Waals surface area contributed by atoms with Crippen molar-refractivity contribution in [1.29, 1.82) is 0 Å². The summed E-state index contributed by atoms with van der Waals surface area (Å²) in [7, 11) is -4.01. The summed E-state index contributed by atoms with van der Waals surface area (Å²) in [6.45, 7) is 12.8. The second-order valence-corrected chi connectivity index (χ2v) is 21.1. The molecule has 334 valence electrons. The highest BCUT2D eigenvalue weighted by atomic mass is 32.2. The van der Waals surface area contributed by atoms with Gasteiger partial charge in [-0.05, 0) is 91.5 Å². The molecule has 2 saturated carbocycles. The Morgan fingerprint density at radius 3 is 2.55 bits per heavy atom. The monoisotopic (exact) mass is 890 g/mol. The van der Waals surface area contributed by atoms with E-state index in [0.717, 1.165) is 60.7 Å². The molecule has 62 heavy (non-hydrogen) atoms. The maximum atomic E-state index is 14.7. The fraction of sp³-hybridized carbons (Fsp3) is 0.591. The van der Waals surface area contributed by atoms with Gasteiger partial charge in [-0.2, -0.15) is 4.98 Å². The van der Waals surface area contributed by atoms with Gasteiger partial charge in [0.15, 0.2) is 5.13 Å². The minimum absolute atomic E-state index is 0.0284. The van der Waals surface area contributed by atoms with Gasteiger partial charge in [-0.1, -0.05) is 43.7 Å². The van der Waals surface area contributed by atoms with Crippen LogP contribution in [0.2, 0.25) is 0 Å². The van der Waals surface area contributed by atoms with Gasteiger partial charge in [0, 0.05) is 42.4 Å². The molecule has 5 aliphatic rings. The summed E-state index contributed by atoms with van der Waals surface area (Å²) in [5, 5.41) is 8.67. The summed E-state index contributed by atoms with van der Waals surface area (Å²) in [6, 6.07) is 4.03. The summed E-state index contributed by atoms with van der Waals surface area (Å²) in [5.41, 5.74) is 1.71. The Kier molecular flexibility index (Phi) is 12.2. The van der Waals surface area contributed by atoms with Crippen molar-refractivity contribution < 1.29 is 37.1 Å². The number of nitrogens with one attached hydrogen (secondary N) is 3. The number of piperidine rings is 1. The molecule has 16 nitrogen and oxygen atoms in total. The number of hydrogen-bond acceptors (Lipinski definition) is 12. The molecule has 2 aliphatic carbocycles. The summed E-state index contributed by atoms with van der Waals surface area (Å²) in [5.74, 6) is -2.23. The Balaban J connectivity index is 1.11. The Hall–Kier alpha value is -4.97. The maximum absolute atomic E-state index is 14.7. The lowest BCUT2D eigenvalue weighted by molar-refractivity contribution is -0.141. The van der Waals surface area contributed by atoms with Crippen molar-refractivity contribution in [3.05, 3.63) is 48.1 Å². The van der Waals surface area contributed by atoms with Crippen molar-refractivity contribution in [1.82, 2.24) is 34.8 Å². The van der Waals surface area contributed by atoms with Gasteiger partial charge in [-0.3, -0.25) is 23.7 Å². The molecule has 0 spiro atoms. The van der Waals surface area contributed by atoms with Crippen LogP contribution >= 0.6 is 11.3 Å². The third kappa shape index (κ3) is 8.81. The van der Waals surface area contributed by atoms with Gasteiger partial charge in [0.1, 0.15) is 29.2 Å². The molecule has 3 N–H and O–H groups in total. The Labute approximate surface area is 366 Å². The number of benzene rings is 1. The van der Waals surface area contributed by atoms with E-state index in [9.17, 15) is 27.6 Å². The molecule has 5 atom stereocenters. The van der Waals surface area contributed by atoms with Crippen molar-refractivity contribution in [2.75, 3.05) is 24.5 Å². The van der Waals surface area contributed by atoms with Gasteiger partial charge < -0.3 is 29.9 Å². The molecule has 3 aromatic rings. The lowest BCUT2D eigenvalue weighted by Crippen LogP contribution is -2.58. The number of rotatable bonds is 10. The second kappa shape index (κ2) is 17.3. The molecular formula is C44H58N8O8S2. The fourth-order valence-corrected chi connectivity index (χ4v) is 11.1. The van der Waals surface area contributed by atoms with E-state index in [-0.39, 0.29) is 37.6 Å². The van der Waals surface area contributed by atoms with E-state index in [2.05, 4.69) is 32.2 Å². The average Bonchev–Trinajstić information content (AvgIpc) is 3.90. The summed E-state index contributed by atoms with van der Waals surface area (Å²) in [4.78, 5) is 70.0. The van der Waals surface area contributed by atoms with Crippen LogP contribution in [0.5, 0.6) is 6.01 Å². The van der Waals surface area contributed by atoms with Gasteiger partial charge in [0.25, 0.3) is 11.9 Å².